The Bertz CT molecular complexity index is 1630. The van der Waals surface area contributed by atoms with Crippen molar-refractivity contribution >= 4 is 43.5 Å². The molecular weight excluding hydrogens is 630 g/mol. The minimum absolute atomic E-state index is 0.0276. The van der Waals surface area contributed by atoms with Crippen LogP contribution < -0.4 is 14.4 Å². The Kier molecular flexibility index (Phi) is 11.0. The molecule has 0 fully saturated rings. The summed E-state index contributed by atoms with van der Waals surface area (Å²) in [5.41, 5.74) is 1.86. The summed E-state index contributed by atoms with van der Waals surface area (Å²) in [5, 5.41) is 2.69. The first-order chi connectivity index (χ1) is 20.7. The third-order valence-corrected chi connectivity index (χ3v) is 9.07. The van der Waals surface area contributed by atoms with Crippen LogP contribution >= 0.6 is 15.9 Å². The molecule has 1 N–H and O–H groups in total. The van der Waals surface area contributed by atoms with Crippen LogP contribution in [0.1, 0.15) is 18.1 Å². The number of halogens is 1. The van der Waals surface area contributed by atoms with E-state index in [0.717, 1.165) is 19.9 Å². The molecule has 43 heavy (non-hydrogen) atoms. The summed E-state index contributed by atoms with van der Waals surface area (Å²) >= 11 is 3.48. The zero-order valence-electron chi connectivity index (χ0n) is 24.0. The average Bonchev–Trinajstić information content (AvgIpc) is 3.02. The van der Waals surface area contributed by atoms with Gasteiger partial charge in [0, 0.05) is 24.5 Å². The molecule has 2 amide bonds. The van der Waals surface area contributed by atoms with E-state index in [2.05, 4.69) is 21.2 Å². The van der Waals surface area contributed by atoms with Crippen molar-refractivity contribution in [2.75, 3.05) is 24.5 Å². The molecular formula is C33H34BrN3O5S. The van der Waals surface area contributed by atoms with Crippen LogP contribution in [0.3, 0.4) is 0 Å². The topological polar surface area (TPSA) is 96.0 Å². The molecule has 0 aromatic heterocycles. The van der Waals surface area contributed by atoms with E-state index in [0.29, 0.717) is 12.4 Å². The fourth-order valence-electron chi connectivity index (χ4n) is 4.73. The van der Waals surface area contributed by atoms with Crippen LogP contribution in [0.25, 0.3) is 0 Å². The van der Waals surface area contributed by atoms with Gasteiger partial charge < -0.3 is 15.0 Å². The maximum absolute atomic E-state index is 14.4. The van der Waals surface area contributed by atoms with Gasteiger partial charge in [0.15, 0.2) is 0 Å². The monoisotopic (exact) mass is 663 g/mol. The number of rotatable bonds is 13. The van der Waals surface area contributed by atoms with Crippen LogP contribution in [0, 0.1) is 0 Å². The van der Waals surface area contributed by atoms with Gasteiger partial charge in [0.1, 0.15) is 18.3 Å². The third-order valence-electron chi connectivity index (χ3n) is 6.80. The Morgan fingerprint density at radius 2 is 1.49 bits per heavy atom. The van der Waals surface area contributed by atoms with Crippen LogP contribution in [0.4, 0.5) is 5.69 Å². The minimum Gasteiger partial charge on any atom is -0.492 e. The molecule has 0 aliphatic rings. The van der Waals surface area contributed by atoms with Crippen molar-refractivity contribution in [3.05, 3.63) is 125 Å². The van der Waals surface area contributed by atoms with E-state index in [9.17, 15) is 18.0 Å². The lowest BCUT2D eigenvalue weighted by Gasteiger charge is -2.34. The van der Waals surface area contributed by atoms with Gasteiger partial charge in [0.25, 0.3) is 10.0 Å². The molecule has 224 valence electrons. The van der Waals surface area contributed by atoms with Crippen molar-refractivity contribution in [2.24, 2.45) is 0 Å². The fourth-order valence-corrected chi connectivity index (χ4v) is 6.62. The Morgan fingerprint density at radius 1 is 0.860 bits per heavy atom. The highest BCUT2D eigenvalue weighted by Gasteiger charge is 2.35. The lowest BCUT2D eigenvalue weighted by Crippen LogP contribution is -2.53. The Morgan fingerprint density at radius 3 is 2.14 bits per heavy atom. The average molecular weight is 665 g/mol. The van der Waals surface area contributed by atoms with Gasteiger partial charge in [0.05, 0.1) is 17.2 Å². The highest BCUT2D eigenvalue weighted by Crippen LogP contribution is 2.33. The smallest absolute Gasteiger partial charge is 0.264 e. The van der Waals surface area contributed by atoms with Gasteiger partial charge in [-0.1, -0.05) is 88.7 Å². The van der Waals surface area contributed by atoms with Crippen LogP contribution in [0.2, 0.25) is 0 Å². The number of nitrogens with zero attached hydrogens (tertiary/aromatic N) is 2. The third kappa shape index (κ3) is 8.03. The molecule has 4 aromatic carbocycles. The fraction of sp³-hybridized carbons (Fsp3) is 0.212. The van der Waals surface area contributed by atoms with Crippen molar-refractivity contribution in [2.45, 2.75) is 30.8 Å². The zero-order valence-corrected chi connectivity index (χ0v) is 26.4. The van der Waals surface area contributed by atoms with Gasteiger partial charge in [0.2, 0.25) is 11.8 Å². The van der Waals surface area contributed by atoms with E-state index in [1.807, 2.05) is 54.6 Å². The van der Waals surface area contributed by atoms with E-state index in [1.54, 1.807) is 49.4 Å². The van der Waals surface area contributed by atoms with E-state index in [4.69, 9.17) is 4.74 Å². The number of anilines is 1. The molecule has 4 aromatic rings. The molecule has 0 saturated heterocycles. The van der Waals surface area contributed by atoms with Crippen LogP contribution in [0.5, 0.6) is 5.75 Å². The van der Waals surface area contributed by atoms with Gasteiger partial charge in [-0.15, -0.1) is 0 Å². The van der Waals surface area contributed by atoms with Gasteiger partial charge >= 0.3 is 0 Å². The maximum atomic E-state index is 14.4. The number of hydrogen-bond acceptors (Lipinski definition) is 5. The van der Waals surface area contributed by atoms with E-state index in [1.165, 1.54) is 24.1 Å². The van der Waals surface area contributed by atoms with Gasteiger partial charge in [-0.2, -0.15) is 0 Å². The van der Waals surface area contributed by atoms with Crippen molar-refractivity contribution < 1.29 is 22.7 Å². The molecule has 0 aliphatic carbocycles. The van der Waals surface area contributed by atoms with Crippen molar-refractivity contribution in [1.82, 2.24) is 10.2 Å². The van der Waals surface area contributed by atoms with Crippen molar-refractivity contribution in [3.8, 4) is 5.75 Å². The molecule has 0 unspecified atom stereocenters. The largest absolute Gasteiger partial charge is 0.492 e. The quantitative estimate of drug-likeness (QED) is 0.206. The van der Waals surface area contributed by atoms with Crippen LogP contribution in [-0.4, -0.2) is 51.4 Å². The van der Waals surface area contributed by atoms with E-state index < -0.39 is 28.5 Å². The molecule has 0 saturated carbocycles. The lowest BCUT2D eigenvalue weighted by atomic mass is 10.0. The maximum Gasteiger partial charge on any atom is 0.264 e. The zero-order chi connectivity index (χ0) is 30.8. The lowest BCUT2D eigenvalue weighted by molar-refractivity contribution is -0.139. The summed E-state index contributed by atoms with van der Waals surface area (Å²) in [4.78, 5) is 29.2. The number of carbonyl (C=O) groups is 2. The summed E-state index contributed by atoms with van der Waals surface area (Å²) in [6.45, 7) is 1.62. The number of ether oxygens (including phenoxy) is 1. The Hall–Kier alpha value is -4.15. The number of likely N-dealkylation sites (N-methyl/N-ethyl adjacent to an activating group) is 1. The molecule has 10 heteroatoms. The number of hydrogen-bond donors (Lipinski definition) is 1. The first-order valence-corrected chi connectivity index (χ1v) is 16.1. The summed E-state index contributed by atoms with van der Waals surface area (Å²) in [7, 11) is -2.70. The highest BCUT2D eigenvalue weighted by molar-refractivity contribution is 9.10. The molecule has 4 rings (SSSR count). The number of carbonyl (C=O) groups excluding carboxylic acids is 2. The number of amides is 2. The molecule has 0 aliphatic heterocycles. The molecule has 8 nitrogen and oxygen atoms in total. The number of benzene rings is 4. The second-order valence-electron chi connectivity index (χ2n) is 9.70. The number of para-hydroxylation sites is 2. The SMILES string of the molecule is CCOc1ccccc1N(CC(=O)N(Cc1cccc(Br)c1)[C@H](Cc1ccccc1)C(=O)NC)S(=O)(=O)c1ccccc1. The molecule has 1 atom stereocenters. The highest BCUT2D eigenvalue weighted by atomic mass is 79.9. The molecule has 0 heterocycles. The summed E-state index contributed by atoms with van der Waals surface area (Å²) < 4.78 is 35.9. The first kappa shape index (κ1) is 31.8. The van der Waals surface area contributed by atoms with Crippen molar-refractivity contribution in [3.63, 3.8) is 0 Å². The molecule has 0 spiro atoms. The predicted octanol–water partition coefficient (Wildman–Crippen LogP) is 5.43. The molecule has 0 radical (unpaired) electrons. The van der Waals surface area contributed by atoms with E-state index in [-0.39, 0.29) is 29.5 Å². The predicted molar refractivity (Wildman–Crippen MR) is 171 cm³/mol. The Balaban J connectivity index is 1.82. The standard InChI is InChI=1S/C33H34BrN3O5S/c1-3-42-31-20-11-10-19-29(31)37(43(40,41)28-17-8-5-9-18-28)24-32(38)36(23-26-15-12-16-27(34)21-26)30(33(39)35-2)22-25-13-6-4-7-14-25/h4-21,30H,3,22-24H2,1-2H3,(H,35,39)/t30-/m1/s1. The normalized spacial score (nSPS) is 11.8. The van der Waals surface area contributed by atoms with E-state index >= 15 is 0 Å². The Labute approximate surface area is 261 Å². The van der Waals surface area contributed by atoms with Gasteiger partial charge in [-0.05, 0) is 54.4 Å². The second-order valence-corrected chi connectivity index (χ2v) is 12.5. The minimum atomic E-state index is -4.22. The number of nitrogens with one attached hydrogen (secondary N) is 1. The summed E-state index contributed by atoms with van der Waals surface area (Å²) in [5.74, 6) is -0.585. The van der Waals surface area contributed by atoms with Crippen LogP contribution in [0.15, 0.2) is 119 Å². The van der Waals surface area contributed by atoms with Gasteiger partial charge in [-0.3, -0.25) is 13.9 Å². The summed E-state index contributed by atoms with van der Waals surface area (Å²) in [6.07, 6.45) is 0.237. The van der Waals surface area contributed by atoms with Crippen molar-refractivity contribution in [1.29, 1.82) is 0 Å². The van der Waals surface area contributed by atoms with Gasteiger partial charge in [-0.25, -0.2) is 8.42 Å². The number of sulfonamides is 1. The van der Waals surface area contributed by atoms with Crippen LogP contribution in [-0.2, 0) is 32.6 Å². The first-order valence-electron chi connectivity index (χ1n) is 13.8. The molecule has 0 bridgehead atoms. The second kappa shape index (κ2) is 14.8. The summed E-state index contributed by atoms with van der Waals surface area (Å²) in [6, 6.07) is 30.6.